The lowest BCUT2D eigenvalue weighted by molar-refractivity contribution is 0.867. The summed E-state index contributed by atoms with van der Waals surface area (Å²) in [5.74, 6) is 0.443. The highest BCUT2D eigenvalue weighted by atomic mass is 16.1. The molecular formula is C16H16N2O. The molecule has 96 valence electrons. The number of aromatic amines is 1. The van der Waals surface area contributed by atoms with Crippen LogP contribution in [-0.4, -0.2) is 9.55 Å². The smallest absolute Gasteiger partial charge is 0.305 e. The van der Waals surface area contributed by atoms with Crippen molar-refractivity contribution < 1.29 is 0 Å². The Morgan fingerprint density at radius 2 is 1.79 bits per heavy atom. The molecule has 3 heteroatoms. The standard InChI is InChI=1S/C16H16N2O/c1-11(2)12-8-9-14-15(10-12)18(16(19)17-14)13-6-4-3-5-7-13/h3-11H,1-2H3,(H,17,19). The van der Waals surface area contributed by atoms with Crippen molar-refractivity contribution in [3.8, 4) is 5.69 Å². The van der Waals surface area contributed by atoms with E-state index in [0.717, 1.165) is 16.7 Å². The third-order valence-corrected chi connectivity index (χ3v) is 3.39. The fourth-order valence-corrected chi connectivity index (χ4v) is 2.31. The molecule has 3 rings (SSSR count). The normalized spacial score (nSPS) is 11.3. The summed E-state index contributed by atoms with van der Waals surface area (Å²) in [5.41, 5.74) is 3.83. The van der Waals surface area contributed by atoms with Gasteiger partial charge in [-0.3, -0.25) is 4.57 Å². The number of nitrogens with one attached hydrogen (secondary N) is 1. The van der Waals surface area contributed by atoms with E-state index in [-0.39, 0.29) is 5.69 Å². The molecule has 0 fully saturated rings. The summed E-state index contributed by atoms with van der Waals surface area (Å²) >= 11 is 0. The minimum atomic E-state index is -0.0953. The van der Waals surface area contributed by atoms with E-state index >= 15 is 0 Å². The first kappa shape index (κ1) is 11.8. The first-order chi connectivity index (χ1) is 9.16. The second kappa shape index (κ2) is 4.43. The van der Waals surface area contributed by atoms with E-state index in [1.165, 1.54) is 5.56 Å². The van der Waals surface area contributed by atoms with Gasteiger partial charge in [0.15, 0.2) is 0 Å². The van der Waals surface area contributed by atoms with E-state index in [4.69, 9.17) is 0 Å². The average molecular weight is 252 g/mol. The largest absolute Gasteiger partial charge is 0.331 e. The van der Waals surface area contributed by atoms with Gasteiger partial charge in [-0.05, 0) is 35.7 Å². The third kappa shape index (κ3) is 1.97. The maximum atomic E-state index is 12.1. The first-order valence-corrected chi connectivity index (χ1v) is 6.47. The number of benzene rings is 2. The van der Waals surface area contributed by atoms with Crippen LogP contribution in [0.15, 0.2) is 53.3 Å². The van der Waals surface area contributed by atoms with Crippen LogP contribution in [0.1, 0.15) is 25.3 Å². The average Bonchev–Trinajstić information content (AvgIpc) is 2.74. The van der Waals surface area contributed by atoms with E-state index < -0.39 is 0 Å². The molecule has 19 heavy (non-hydrogen) atoms. The molecule has 0 aliphatic rings. The molecule has 0 amide bonds. The van der Waals surface area contributed by atoms with Crippen LogP contribution in [0, 0.1) is 0 Å². The molecule has 1 heterocycles. The summed E-state index contributed by atoms with van der Waals surface area (Å²) < 4.78 is 1.72. The minimum absolute atomic E-state index is 0.0953. The highest BCUT2D eigenvalue weighted by molar-refractivity contribution is 5.78. The van der Waals surface area contributed by atoms with Gasteiger partial charge in [-0.2, -0.15) is 0 Å². The van der Waals surface area contributed by atoms with Gasteiger partial charge in [-0.1, -0.05) is 38.1 Å². The molecule has 0 aliphatic carbocycles. The van der Waals surface area contributed by atoms with Crippen molar-refractivity contribution in [3.05, 3.63) is 64.6 Å². The van der Waals surface area contributed by atoms with Gasteiger partial charge in [-0.25, -0.2) is 4.79 Å². The first-order valence-electron chi connectivity index (χ1n) is 6.47. The second-order valence-electron chi connectivity index (χ2n) is 5.03. The maximum Gasteiger partial charge on any atom is 0.331 e. The molecule has 0 radical (unpaired) electrons. The zero-order chi connectivity index (χ0) is 13.4. The summed E-state index contributed by atoms with van der Waals surface area (Å²) in [4.78, 5) is 15.0. The summed E-state index contributed by atoms with van der Waals surface area (Å²) in [6, 6.07) is 15.8. The SMILES string of the molecule is CC(C)c1ccc2[nH]c(=O)n(-c3ccccc3)c2c1. The van der Waals surface area contributed by atoms with E-state index in [2.05, 4.69) is 31.0 Å². The van der Waals surface area contributed by atoms with Gasteiger partial charge in [-0.15, -0.1) is 0 Å². The summed E-state index contributed by atoms with van der Waals surface area (Å²) in [5, 5.41) is 0. The molecular weight excluding hydrogens is 236 g/mol. The van der Waals surface area contributed by atoms with Gasteiger partial charge in [0.05, 0.1) is 16.7 Å². The predicted molar refractivity (Wildman–Crippen MR) is 78.0 cm³/mol. The van der Waals surface area contributed by atoms with E-state index in [9.17, 15) is 4.79 Å². The van der Waals surface area contributed by atoms with E-state index in [0.29, 0.717) is 5.92 Å². The molecule has 0 saturated carbocycles. The highest BCUT2D eigenvalue weighted by Gasteiger charge is 2.10. The highest BCUT2D eigenvalue weighted by Crippen LogP contribution is 2.21. The molecule has 0 atom stereocenters. The summed E-state index contributed by atoms with van der Waals surface area (Å²) in [7, 11) is 0. The fraction of sp³-hybridized carbons (Fsp3) is 0.188. The molecule has 0 saturated heterocycles. The minimum Gasteiger partial charge on any atom is -0.305 e. The third-order valence-electron chi connectivity index (χ3n) is 3.39. The zero-order valence-electron chi connectivity index (χ0n) is 11.1. The van der Waals surface area contributed by atoms with Gasteiger partial charge < -0.3 is 4.98 Å². The van der Waals surface area contributed by atoms with Gasteiger partial charge in [0.2, 0.25) is 0 Å². The number of imidazole rings is 1. The van der Waals surface area contributed by atoms with Crippen LogP contribution in [0.25, 0.3) is 16.7 Å². The van der Waals surface area contributed by atoms with Gasteiger partial charge in [0, 0.05) is 0 Å². The summed E-state index contributed by atoms with van der Waals surface area (Å²) in [6.45, 7) is 4.30. The molecule has 0 spiro atoms. The number of fused-ring (bicyclic) bond motifs is 1. The molecule has 3 nitrogen and oxygen atoms in total. The molecule has 0 bridgehead atoms. The number of rotatable bonds is 2. The van der Waals surface area contributed by atoms with Gasteiger partial charge in [0.1, 0.15) is 0 Å². The van der Waals surface area contributed by atoms with Crippen molar-refractivity contribution in [3.63, 3.8) is 0 Å². The Morgan fingerprint density at radius 1 is 1.05 bits per heavy atom. The van der Waals surface area contributed by atoms with E-state index in [1.807, 2.05) is 36.4 Å². The Kier molecular flexibility index (Phi) is 2.75. The van der Waals surface area contributed by atoms with Crippen molar-refractivity contribution in [2.75, 3.05) is 0 Å². The Hall–Kier alpha value is -2.29. The monoisotopic (exact) mass is 252 g/mol. The Morgan fingerprint density at radius 3 is 2.47 bits per heavy atom. The number of H-pyrrole nitrogens is 1. The molecule has 1 N–H and O–H groups in total. The molecule has 2 aromatic carbocycles. The van der Waals surface area contributed by atoms with Crippen molar-refractivity contribution in [1.29, 1.82) is 0 Å². The van der Waals surface area contributed by atoms with Crippen LogP contribution < -0.4 is 5.69 Å². The van der Waals surface area contributed by atoms with Crippen molar-refractivity contribution >= 4 is 11.0 Å². The van der Waals surface area contributed by atoms with Gasteiger partial charge >= 0.3 is 5.69 Å². The molecule has 3 aromatic rings. The topological polar surface area (TPSA) is 37.8 Å². The molecule has 1 aromatic heterocycles. The lowest BCUT2D eigenvalue weighted by Crippen LogP contribution is -2.14. The Balaban J connectivity index is 2.32. The van der Waals surface area contributed by atoms with Crippen LogP contribution in [0.3, 0.4) is 0 Å². The van der Waals surface area contributed by atoms with Crippen molar-refractivity contribution in [2.45, 2.75) is 19.8 Å². The molecule has 0 aliphatic heterocycles. The number of para-hydroxylation sites is 1. The summed E-state index contributed by atoms with van der Waals surface area (Å²) in [6.07, 6.45) is 0. The van der Waals surface area contributed by atoms with Crippen LogP contribution in [0.5, 0.6) is 0 Å². The second-order valence-corrected chi connectivity index (χ2v) is 5.03. The van der Waals surface area contributed by atoms with Crippen LogP contribution in [0.2, 0.25) is 0 Å². The number of nitrogens with zero attached hydrogens (tertiary/aromatic N) is 1. The zero-order valence-corrected chi connectivity index (χ0v) is 11.1. The van der Waals surface area contributed by atoms with E-state index in [1.54, 1.807) is 4.57 Å². The van der Waals surface area contributed by atoms with Crippen LogP contribution >= 0.6 is 0 Å². The lowest BCUT2D eigenvalue weighted by atomic mass is 10.0. The van der Waals surface area contributed by atoms with Crippen molar-refractivity contribution in [2.24, 2.45) is 0 Å². The maximum absolute atomic E-state index is 12.1. The predicted octanol–water partition coefficient (Wildman–Crippen LogP) is 3.44. The van der Waals surface area contributed by atoms with Crippen molar-refractivity contribution in [1.82, 2.24) is 9.55 Å². The Labute approximate surface area is 111 Å². The fourth-order valence-electron chi connectivity index (χ4n) is 2.31. The van der Waals surface area contributed by atoms with Crippen LogP contribution in [0.4, 0.5) is 0 Å². The van der Waals surface area contributed by atoms with Crippen LogP contribution in [-0.2, 0) is 0 Å². The number of aromatic nitrogens is 2. The number of hydrogen-bond donors (Lipinski definition) is 1. The lowest BCUT2D eigenvalue weighted by Gasteiger charge is -2.07. The Bertz CT molecular complexity index is 766. The quantitative estimate of drug-likeness (QED) is 0.745. The number of hydrogen-bond acceptors (Lipinski definition) is 1. The van der Waals surface area contributed by atoms with Gasteiger partial charge in [0.25, 0.3) is 0 Å². The molecule has 0 unspecified atom stereocenters.